The summed E-state index contributed by atoms with van der Waals surface area (Å²) in [6.07, 6.45) is 2.02. The molecule has 0 saturated carbocycles. The van der Waals surface area contributed by atoms with Crippen LogP contribution in [-0.2, 0) is 16.0 Å². The summed E-state index contributed by atoms with van der Waals surface area (Å²) in [7, 11) is 1.41. The quantitative estimate of drug-likeness (QED) is 0.488. The molecule has 5 heteroatoms. The van der Waals surface area contributed by atoms with E-state index in [9.17, 15) is 4.79 Å². The molecule has 0 saturated heterocycles. The Morgan fingerprint density at radius 3 is 2.77 bits per heavy atom. The highest BCUT2D eigenvalue weighted by atomic mass is 35.5. The monoisotopic (exact) mass is 364 g/mol. The fourth-order valence-electron chi connectivity index (χ4n) is 3.49. The number of esters is 1. The van der Waals surface area contributed by atoms with E-state index >= 15 is 0 Å². The third-order valence-electron chi connectivity index (χ3n) is 4.71. The Hall–Kier alpha value is -2.85. The molecule has 2 heterocycles. The van der Waals surface area contributed by atoms with Crippen LogP contribution in [0.3, 0.4) is 0 Å². The van der Waals surface area contributed by atoms with Crippen molar-refractivity contribution in [3.05, 3.63) is 71.0 Å². The van der Waals surface area contributed by atoms with Crippen molar-refractivity contribution in [3.63, 3.8) is 0 Å². The van der Waals surface area contributed by atoms with Gasteiger partial charge in [-0.15, -0.1) is 0 Å². The molecule has 0 aliphatic heterocycles. The van der Waals surface area contributed by atoms with Gasteiger partial charge in [0.25, 0.3) is 0 Å². The highest BCUT2D eigenvalue weighted by molar-refractivity contribution is 6.31. The predicted octanol–water partition coefficient (Wildman–Crippen LogP) is 4.86. The summed E-state index contributed by atoms with van der Waals surface area (Å²) < 4.78 is 7.06. The lowest BCUT2D eigenvalue weighted by atomic mass is 10.1. The molecule has 0 N–H and O–H groups in total. The van der Waals surface area contributed by atoms with Gasteiger partial charge in [0.1, 0.15) is 0 Å². The zero-order chi connectivity index (χ0) is 18.3. The van der Waals surface area contributed by atoms with Crippen molar-refractivity contribution in [2.75, 3.05) is 7.11 Å². The molecule has 0 atom stereocenters. The predicted molar refractivity (Wildman–Crippen MR) is 104 cm³/mol. The van der Waals surface area contributed by atoms with Gasteiger partial charge in [0.2, 0.25) is 0 Å². The van der Waals surface area contributed by atoms with Crippen molar-refractivity contribution in [1.29, 1.82) is 0 Å². The fourth-order valence-corrected chi connectivity index (χ4v) is 3.65. The van der Waals surface area contributed by atoms with E-state index in [1.165, 1.54) is 7.11 Å². The van der Waals surface area contributed by atoms with Gasteiger partial charge >= 0.3 is 5.97 Å². The van der Waals surface area contributed by atoms with E-state index in [0.717, 1.165) is 38.8 Å². The average molecular weight is 365 g/mol. The smallest absolute Gasteiger partial charge is 0.310 e. The number of halogens is 1. The lowest BCUT2D eigenvalue weighted by Crippen LogP contribution is -2.06. The summed E-state index contributed by atoms with van der Waals surface area (Å²) >= 11 is 6.12. The van der Waals surface area contributed by atoms with Crippen molar-refractivity contribution >= 4 is 39.4 Å². The molecule has 4 rings (SSSR count). The minimum absolute atomic E-state index is 0.241. The molecule has 130 valence electrons. The SMILES string of the molecule is COC(=O)Cc1c(C)n(-c2ccnc3cc(Cl)ccc23)c2ccccc12. The minimum atomic E-state index is -0.248. The summed E-state index contributed by atoms with van der Waals surface area (Å²) in [5.74, 6) is -0.248. The zero-order valence-electron chi connectivity index (χ0n) is 14.5. The van der Waals surface area contributed by atoms with Gasteiger partial charge in [0, 0.05) is 27.7 Å². The maximum absolute atomic E-state index is 11.9. The van der Waals surface area contributed by atoms with E-state index in [1.54, 1.807) is 6.20 Å². The largest absolute Gasteiger partial charge is 0.469 e. The third-order valence-corrected chi connectivity index (χ3v) is 4.95. The second-order valence-electron chi connectivity index (χ2n) is 6.16. The second-order valence-corrected chi connectivity index (χ2v) is 6.60. The molecule has 0 aliphatic rings. The summed E-state index contributed by atoms with van der Waals surface area (Å²) in [6, 6.07) is 15.8. The number of hydrogen-bond donors (Lipinski definition) is 0. The molecule has 4 aromatic rings. The van der Waals surface area contributed by atoms with Crippen LogP contribution < -0.4 is 0 Å². The van der Waals surface area contributed by atoms with Crippen LogP contribution in [0, 0.1) is 6.92 Å². The Morgan fingerprint density at radius 2 is 1.96 bits per heavy atom. The van der Waals surface area contributed by atoms with E-state index in [4.69, 9.17) is 16.3 Å². The number of nitrogens with zero attached hydrogens (tertiary/aromatic N) is 2. The molecule has 0 radical (unpaired) electrons. The topological polar surface area (TPSA) is 44.1 Å². The van der Waals surface area contributed by atoms with Gasteiger partial charge in [-0.25, -0.2) is 0 Å². The molecule has 0 aliphatic carbocycles. The van der Waals surface area contributed by atoms with E-state index < -0.39 is 0 Å². The van der Waals surface area contributed by atoms with Gasteiger partial charge in [-0.05, 0) is 42.8 Å². The van der Waals surface area contributed by atoms with Crippen molar-refractivity contribution < 1.29 is 9.53 Å². The van der Waals surface area contributed by atoms with Crippen LogP contribution in [0.2, 0.25) is 5.02 Å². The number of para-hydroxylation sites is 1. The Labute approximate surface area is 156 Å². The highest BCUT2D eigenvalue weighted by Gasteiger charge is 2.19. The van der Waals surface area contributed by atoms with Crippen LogP contribution in [0.25, 0.3) is 27.5 Å². The van der Waals surface area contributed by atoms with Gasteiger partial charge in [-0.2, -0.15) is 0 Å². The summed E-state index contributed by atoms with van der Waals surface area (Å²) in [5.41, 5.74) is 4.88. The molecule has 4 nitrogen and oxygen atoms in total. The summed E-state index contributed by atoms with van der Waals surface area (Å²) in [5, 5.41) is 2.71. The third kappa shape index (κ3) is 2.63. The summed E-state index contributed by atoms with van der Waals surface area (Å²) in [6.45, 7) is 2.03. The Kier molecular flexibility index (Phi) is 4.13. The number of carbonyl (C=O) groups is 1. The van der Waals surface area contributed by atoms with Gasteiger partial charge in [-0.3, -0.25) is 9.78 Å². The number of pyridine rings is 1. The first kappa shape index (κ1) is 16.6. The van der Waals surface area contributed by atoms with Crippen LogP contribution in [0.15, 0.2) is 54.7 Å². The summed E-state index contributed by atoms with van der Waals surface area (Å²) in [4.78, 5) is 16.4. The van der Waals surface area contributed by atoms with Crippen molar-refractivity contribution in [2.24, 2.45) is 0 Å². The second kappa shape index (κ2) is 6.46. The van der Waals surface area contributed by atoms with Crippen molar-refractivity contribution in [2.45, 2.75) is 13.3 Å². The first-order chi connectivity index (χ1) is 12.6. The lowest BCUT2D eigenvalue weighted by molar-refractivity contribution is -0.139. The highest BCUT2D eigenvalue weighted by Crippen LogP contribution is 2.33. The number of methoxy groups -OCH3 is 1. The molecule has 2 aromatic carbocycles. The van der Waals surface area contributed by atoms with Gasteiger partial charge in [-0.1, -0.05) is 29.8 Å². The average Bonchev–Trinajstić information content (AvgIpc) is 2.92. The Bertz CT molecular complexity index is 1150. The van der Waals surface area contributed by atoms with Crippen molar-refractivity contribution in [3.8, 4) is 5.69 Å². The number of rotatable bonds is 3. The van der Waals surface area contributed by atoms with Crippen LogP contribution in [0.5, 0.6) is 0 Å². The first-order valence-corrected chi connectivity index (χ1v) is 8.68. The minimum Gasteiger partial charge on any atom is -0.469 e. The maximum Gasteiger partial charge on any atom is 0.310 e. The molecule has 26 heavy (non-hydrogen) atoms. The number of fused-ring (bicyclic) bond motifs is 2. The molecule has 0 fully saturated rings. The standard InChI is InChI=1S/C21H17ClN2O2/c1-13-17(12-21(25)26-2)15-5-3-4-6-19(15)24(13)20-9-10-23-18-11-14(22)7-8-16(18)20/h3-11H,12H2,1-2H3. The molecular formula is C21H17ClN2O2. The van der Waals surface area contributed by atoms with Crippen LogP contribution in [0.1, 0.15) is 11.3 Å². The number of carbonyl (C=O) groups excluding carboxylic acids is 1. The normalized spacial score (nSPS) is 11.2. The van der Waals surface area contributed by atoms with Crippen LogP contribution >= 0.6 is 11.6 Å². The lowest BCUT2D eigenvalue weighted by Gasteiger charge is -2.12. The van der Waals surface area contributed by atoms with Gasteiger partial charge < -0.3 is 9.30 Å². The zero-order valence-corrected chi connectivity index (χ0v) is 15.2. The van der Waals surface area contributed by atoms with E-state index in [1.807, 2.05) is 49.4 Å². The van der Waals surface area contributed by atoms with E-state index in [2.05, 4.69) is 15.6 Å². The van der Waals surface area contributed by atoms with E-state index in [-0.39, 0.29) is 12.4 Å². The van der Waals surface area contributed by atoms with E-state index in [0.29, 0.717) is 5.02 Å². The molecule has 0 amide bonds. The van der Waals surface area contributed by atoms with Crippen molar-refractivity contribution in [1.82, 2.24) is 9.55 Å². The van der Waals surface area contributed by atoms with Crippen LogP contribution in [-0.4, -0.2) is 22.6 Å². The Morgan fingerprint density at radius 1 is 1.15 bits per heavy atom. The maximum atomic E-state index is 11.9. The number of ether oxygens (including phenoxy) is 1. The van der Waals surface area contributed by atoms with Crippen LogP contribution in [0.4, 0.5) is 0 Å². The Balaban J connectivity index is 2.04. The number of benzene rings is 2. The molecule has 0 bridgehead atoms. The fraction of sp³-hybridized carbons (Fsp3) is 0.143. The molecular weight excluding hydrogens is 348 g/mol. The van der Waals surface area contributed by atoms with Gasteiger partial charge in [0.15, 0.2) is 0 Å². The molecule has 0 unspecified atom stereocenters. The number of hydrogen-bond acceptors (Lipinski definition) is 3. The van der Waals surface area contributed by atoms with Gasteiger partial charge in [0.05, 0.1) is 30.3 Å². The molecule has 2 aromatic heterocycles. The molecule has 0 spiro atoms. The number of aromatic nitrogens is 2. The first-order valence-electron chi connectivity index (χ1n) is 8.30.